The standard InChI is InChI=1S/C23H21N3O2/c1-25-14-19(18-9-5-6-10-20(18)25)24-23(27)26-12-11-17-13-21(28-22(17)15-26)16-7-3-2-4-8-16/h2-10,13-14H,11-12,15H2,1H3,(H,24,27). The summed E-state index contributed by atoms with van der Waals surface area (Å²) in [6.07, 6.45) is 2.76. The number of fused-ring (bicyclic) bond motifs is 2. The van der Waals surface area contributed by atoms with Gasteiger partial charge >= 0.3 is 6.03 Å². The van der Waals surface area contributed by atoms with Gasteiger partial charge in [0.25, 0.3) is 0 Å². The van der Waals surface area contributed by atoms with E-state index in [2.05, 4.69) is 11.4 Å². The van der Waals surface area contributed by atoms with Gasteiger partial charge < -0.3 is 19.2 Å². The molecule has 5 rings (SSSR count). The average molecular weight is 371 g/mol. The predicted octanol–water partition coefficient (Wildman–Crippen LogP) is 5.03. The molecule has 0 radical (unpaired) electrons. The molecule has 0 aliphatic carbocycles. The number of aromatic nitrogens is 1. The molecule has 5 heteroatoms. The number of anilines is 1. The second kappa shape index (κ2) is 6.60. The van der Waals surface area contributed by atoms with E-state index in [-0.39, 0.29) is 6.03 Å². The molecule has 0 atom stereocenters. The average Bonchev–Trinajstić information content (AvgIpc) is 3.30. The molecule has 140 valence electrons. The van der Waals surface area contributed by atoms with E-state index in [1.807, 2.05) is 77.3 Å². The van der Waals surface area contributed by atoms with E-state index in [0.29, 0.717) is 13.1 Å². The van der Waals surface area contributed by atoms with Crippen molar-refractivity contribution in [1.82, 2.24) is 9.47 Å². The number of carbonyl (C=O) groups excluding carboxylic acids is 1. The molecule has 4 aromatic rings. The Morgan fingerprint density at radius 3 is 2.71 bits per heavy atom. The highest BCUT2D eigenvalue weighted by atomic mass is 16.3. The van der Waals surface area contributed by atoms with Crippen molar-refractivity contribution in [3.05, 3.63) is 78.2 Å². The van der Waals surface area contributed by atoms with Crippen molar-refractivity contribution >= 4 is 22.6 Å². The summed E-state index contributed by atoms with van der Waals surface area (Å²) in [6, 6.07) is 20.1. The molecular formula is C23H21N3O2. The van der Waals surface area contributed by atoms with Gasteiger partial charge in [-0.05, 0) is 24.1 Å². The molecule has 0 unspecified atom stereocenters. The third kappa shape index (κ3) is 2.85. The highest BCUT2D eigenvalue weighted by molar-refractivity contribution is 6.01. The number of hydrogen-bond acceptors (Lipinski definition) is 2. The first-order chi connectivity index (χ1) is 13.7. The third-order valence-electron chi connectivity index (χ3n) is 5.37. The van der Waals surface area contributed by atoms with E-state index in [4.69, 9.17) is 4.42 Å². The molecule has 1 aliphatic heterocycles. The molecular weight excluding hydrogens is 350 g/mol. The summed E-state index contributed by atoms with van der Waals surface area (Å²) in [5.41, 5.74) is 4.17. The van der Waals surface area contributed by atoms with E-state index in [1.54, 1.807) is 0 Å². The van der Waals surface area contributed by atoms with Crippen molar-refractivity contribution in [2.24, 2.45) is 7.05 Å². The lowest BCUT2D eigenvalue weighted by Crippen LogP contribution is -2.38. The first-order valence-corrected chi connectivity index (χ1v) is 9.46. The number of hydrogen-bond donors (Lipinski definition) is 1. The van der Waals surface area contributed by atoms with Gasteiger partial charge in [0.15, 0.2) is 0 Å². The fraction of sp³-hybridized carbons (Fsp3) is 0.174. The number of urea groups is 1. The van der Waals surface area contributed by atoms with Crippen molar-refractivity contribution in [1.29, 1.82) is 0 Å². The van der Waals surface area contributed by atoms with E-state index >= 15 is 0 Å². The second-order valence-electron chi connectivity index (χ2n) is 7.20. The molecule has 0 saturated carbocycles. The zero-order valence-corrected chi connectivity index (χ0v) is 15.7. The molecule has 2 aromatic heterocycles. The highest BCUT2D eigenvalue weighted by Crippen LogP contribution is 2.30. The second-order valence-corrected chi connectivity index (χ2v) is 7.20. The first-order valence-electron chi connectivity index (χ1n) is 9.46. The summed E-state index contributed by atoms with van der Waals surface area (Å²) in [7, 11) is 1.99. The minimum absolute atomic E-state index is 0.0975. The van der Waals surface area contributed by atoms with Crippen molar-refractivity contribution < 1.29 is 9.21 Å². The smallest absolute Gasteiger partial charge is 0.322 e. The fourth-order valence-corrected chi connectivity index (χ4v) is 3.87. The number of rotatable bonds is 2. The van der Waals surface area contributed by atoms with Crippen molar-refractivity contribution in [3.63, 3.8) is 0 Å². The van der Waals surface area contributed by atoms with Crippen LogP contribution in [0.2, 0.25) is 0 Å². The maximum Gasteiger partial charge on any atom is 0.322 e. The van der Waals surface area contributed by atoms with E-state index < -0.39 is 0 Å². The van der Waals surface area contributed by atoms with Gasteiger partial charge in [-0.25, -0.2) is 4.79 Å². The number of carbonyl (C=O) groups is 1. The fourth-order valence-electron chi connectivity index (χ4n) is 3.87. The molecule has 5 nitrogen and oxygen atoms in total. The summed E-state index contributed by atoms with van der Waals surface area (Å²) in [5, 5.41) is 4.11. The maximum absolute atomic E-state index is 12.9. The molecule has 1 aliphatic rings. The minimum Gasteiger partial charge on any atom is -0.459 e. The lowest BCUT2D eigenvalue weighted by Gasteiger charge is -2.26. The summed E-state index contributed by atoms with van der Waals surface area (Å²) in [4.78, 5) is 14.7. The van der Waals surface area contributed by atoms with Crippen molar-refractivity contribution in [3.8, 4) is 11.3 Å². The predicted molar refractivity (Wildman–Crippen MR) is 110 cm³/mol. The summed E-state index contributed by atoms with van der Waals surface area (Å²) < 4.78 is 8.10. The van der Waals surface area contributed by atoms with Crippen LogP contribution in [-0.4, -0.2) is 22.0 Å². The van der Waals surface area contributed by atoms with Crippen LogP contribution in [0.15, 0.2) is 71.3 Å². The van der Waals surface area contributed by atoms with Gasteiger partial charge in [0.05, 0.1) is 12.2 Å². The van der Waals surface area contributed by atoms with Crippen LogP contribution < -0.4 is 5.32 Å². The van der Waals surface area contributed by atoms with Gasteiger partial charge in [-0.1, -0.05) is 48.5 Å². The lowest BCUT2D eigenvalue weighted by atomic mass is 10.1. The molecule has 0 fully saturated rings. The topological polar surface area (TPSA) is 50.4 Å². The Morgan fingerprint density at radius 1 is 1.07 bits per heavy atom. The Bertz CT molecular complexity index is 1160. The highest BCUT2D eigenvalue weighted by Gasteiger charge is 2.25. The molecule has 1 N–H and O–H groups in total. The lowest BCUT2D eigenvalue weighted by molar-refractivity contribution is 0.200. The monoisotopic (exact) mass is 371 g/mol. The molecule has 3 heterocycles. The molecule has 0 bridgehead atoms. The molecule has 0 spiro atoms. The normalized spacial score (nSPS) is 13.5. The van der Waals surface area contributed by atoms with Crippen LogP contribution in [0.3, 0.4) is 0 Å². The van der Waals surface area contributed by atoms with E-state index in [9.17, 15) is 4.79 Å². The number of nitrogens with one attached hydrogen (secondary N) is 1. The molecule has 28 heavy (non-hydrogen) atoms. The van der Waals surface area contributed by atoms with E-state index in [0.717, 1.165) is 40.1 Å². The number of benzene rings is 2. The van der Waals surface area contributed by atoms with Crippen molar-refractivity contribution in [2.75, 3.05) is 11.9 Å². The van der Waals surface area contributed by atoms with Crippen LogP contribution in [0.1, 0.15) is 11.3 Å². The summed E-state index contributed by atoms with van der Waals surface area (Å²) in [6.45, 7) is 1.16. The Balaban J connectivity index is 1.36. The van der Waals surface area contributed by atoms with Gasteiger partial charge in [0.2, 0.25) is 0 Å². The van der Waals surface area contributed by atoms with Gasteiger partial charge in [0, 0.05) is 36.3 Å². The number of para-hydroxylation sites is 1. The van der Waals surface area contributed by atoms with Gasteiger partial charge in [-0.3, -0.25) is 0 Å². The quantitative estimate of drug-likeness (QED) is 0.537. The number of furan rings is 1. The summed E-state index contributed by atoms with van der Waals surface area (Å²) >= 11 is 0. The van der Waals surface area contributed by atoms with Crippen LogP contribution in [0, 0.1) is 0 Å². The molecule has 0 saturated heterocycles. The number of amides is 2. The molecule has 2 amide bonds. The van der Waals surface area contributed by atoms with Crippen LogP contribution in [0.5, 0.6) is 0 Å². The SMILES string of the molecule is Cn1cc(NC(=O)N2CCc3cc(-c4ccccc4)oc3C2)c2ccccc21. The Labute approximate surface area is 163 Å². The van der Waals surface area contributed by atoms with Gasteiger partial charge in [0.1, 0.15) is 11.5 Å². The maximum atomic E-state index is 12.9. The van der Waals surface area contributed by atoms with Crippen molar-refractivity contribution in [2.45, 2.75) is 13.0 Å². The van der Waals surface area contributed by atoms with Crippen LogP contribution in [-0.2, 0) is 20.0 Å². The molecule has 2 aromatic carbocycles. The number of aryl methyl sites for hydroxylation is 1. The zero-order chi connectivity index (χ0) is 19.1. The minimum atomic E-state index is -0.0975. The largest absolute Gasteiger partial charge is 0.459 e. The van der Waals surface area contributed by atoms with E-state index in [1.165, 1.54) is 5.56 Å². The Hall–Kier alpha value is -3.47. The Kier molecular flexibility index (Phi) is 3.93. The van der Waals surface area contributed by atoms with Gasteiger partial charge in [-0.15, -0.1) is 0 Å². The first kappa shape index (κ1) is 16.7. The van der Waals surface area contributed by atoms with Crippen LogP contribution in [0.4, 0.5) is 10.5 Å². The number of nitrogens with zero attached hydrogens (tertiary/aromatic N) is 2. The zero-order valence-electron chi connectivity index (χ0n) is 15.7. The van der Waals surface area contributed by atoms with Crippen LogP contribution in [0.25, 0.3) is 22.2 Å². The van der Waals surface area contributed by atoms with Crippen LogP contribution >= 0.6 is 0 Å². The third-order valence-corrected chi connectivity index (χ3v) is 5.37. The summed E-state index contributed by atoms with van der Waals surface area (Å²) in [5.74, 6) is 1.74. The van der Waals surface area contributed by atoms with Gasteiger partial charge in [-0.2, -0.15) is 0 Å². The Morgan fingerprint density at radius 2 is 1.86 bits per heavy atom.